The van der Waals surface area contributed by atoms with E-state index in [1.54, 1.807) is 12.1 Å². The van der Waals surface area contributed by atoms with E-state index in [1.807, 2.05) is 93.6 Å². The van der Waals surface area contributed by atoms with Crippen LogP contribution in [0, 0.1) is 25.2 Å². The average Bonchev–Trinajstić information content (AvgIpc) is 3.00. The third kappa shape index (κ3) is 8.40. The highest BCUT2D eigenvalue weighted by molar-refractivity contribution is 9.10. The third-order valence-corrected chi connectivity index (χ3v) is 7.08. The summed E-state index contributed by atoms with van der Waals surface area (Å²) in [6.07, 6.45) is 1.51. The van der Waals surface area contributed by atoms with Crippen molar-refractivity contribution < 1.29 is 23.7 Å². The lowest BCUT2D eigenvalue weighted by Crippen LogP contribution is -2.14. The summed E-state index contributed by atoms with van der Waals surface area (Å²) in [5, 5.41) is 12.5. The second-order valence-electron chi connectivity index (χ2n) is 9.75. The van der Waals surface area contributed by atoms with E-state index >= 15 is 0 Å². The number of amides is 1. The Labute approximate surface area is 260 Å². The van der Waals surface area contributed by atoms with Crippen LogP contribution < -0.4 is 24.3 Å². The van der Waals surface area contributed by atoms with E-state index in [2.05, 4.69) is 21.2 Å². The summed E-state index contributed by atoms with van der Waals surface area (Å²) in [5.41, 5.74) is 5.16. The molecule has 0 atom stereocenters. The van der Waals surface area contributed by atoms with Crippen molar-refractivity contribution in [3.05, 3.63) is 117 Å². The van der Waals surface area contributed by atoms with Gasteiger partial charge in [0.25, 0.3) is 5.91 Å². The first-order chi connectivity index (χ1) is 20.8. The zero-order valence-corrected chi connectivity index (χ0v) is 26.2. The van der Waals surface area contributed by atoms with Crippen LogP contribution in [0.2, 0.25) is 0 Å². The largest absolute Gasteiger partial charge is 0.493 e. The topological polar surface area (TPSA) is 89.8 Å². The van der Waals surface area contributed by atoms with E-state index in [9.17, 15) is 10.1 Å². The predicted octanol–water partition coefficient (Wildman–Crippen LogP) is 8.18. The van der Waals surface area contributed by atoms with Crippen LogP contribution in [0.4, 0.5) is 5.69 Å². The van der Waals surface area contributed by atoms with Crippen LogP contribution >= 0.6 is 15.9 Å². The number of rotatable bonds is 12. The van der Waals surface area contributed by atoms with E-state index < -0.39 is 5.91 Å². The van der Waals surface area contributed by atoms with Crippen LogP contribution in [0.1, 0.15) is 34.7 Å². The molecule has 0 saturated carbocycles. The number of carbonyl (C=O) groups is 1. The summed E-state index contributed by atoms with van der Waals surface area (Å²) in [6, 6.07) is 26.8. The average molecular weight is 642 g/mol. The number of methoxy groups -OCH3 is 1. The van der Waals surface area contributed by atoms with E-state index in [-0.39, 0.29) is 12.2 Å². The fraction of sp³-hybridized carbons (Fsp3) is 0.200. The molecule has 0 aliphatic rings. The molecule has 220 valence electrons. The van der Waals surface area contributed by atoms with Crippen molar-refractivity contribution in [3.8, 4) is 29.1 Å². The molecule has 0 aliphatic carbocycles. The van der Waals surface area contributed by atoms with Gasteiger partial charge >= 0.3 is 0 Å². The molecule has 4 rings (SSSR count). The zero-order chi connectivity index (χ0) is 30.8. The summed E-state index contributed by atoms with van der Waals surface area (Å²) in [5.74, 6) is 1.72. The summed E-state index contributed by atoms with van der Waals surface area (Å²) in [6.45, 7) is 6.98. The number of nitriles is 1. The van der Waals surface area contributed by atoms with Crippen LogP contribution in [0.25, 0.3) is 6.08 Å². The number of aryl methyl sites for hydroxylation is 2. The smallest absolute Gasteiger partial charge is 0.266 e. The van der Waals surface area contributed by atoms with Crippen molar-refractivity contribution in [3.63, 3.8) is 0 Å². The molecule has 4 aromatic carbocycles. The van der Waals surface area contributed by atoms with Gasteiger partial charge in [0.15, 0.2) is 23.0 Å². The Balaban J connectivity index is 1.49. The minimum Gasteiger partial charge on any atom is -0.493 e. The van der Waals surface area contributed by atoms with Crippen molar-refractivity contribution in [1.82, 2.24) is 0 Å². The molecule has 8 heteroatoms. The molecule has 1 N–H and O–H groups in total. The molecule has 0 aliphatic heterocycles. The molecular formula is C35H33BrN2O5. The van der Waals surface area contributed by atoms with Crippen molar-refractivity contribution in [2.24, 2.45) is 0 Å². The number of ether oxygens (including phenoxy) is 4. The summed E-state index contributed by atoms with van der Waals surface area (Å²) < 4.78 is 24.2. The number of benzene rings is 4. The Hall–Kier alpha value is -4.74. The Kier molecular flexibility index (Phi) is 10.8. The van der Waals surface area contributed by atoms with Gasteiger partial charge in [0.05, 0.1) is 18.2 Å². The Bertz CT molecular complexity index is 1660. The van der Waals surface area contributed by atoms with Gasteiger partial charge in [0.1, 0.15) is 24.9 Å². The molecule has 4 aromatic rings. The zero-order valence-electron chi connectivity index (χ0n) is 24.6. The first-order valence-corrected chi connectivity index (χ1v) is 14.5. The number of carbonyl (C=O) groups excluding carboxylic acids is 1. The Morgan fingerprint density at radius 2 is 1.65 bits per heavy atom. The van der Waals surface area contributed by atoms with Gasteiger partial charge in [0.2, 0.25) is 0 Å². The third-order valence-electron chi connectivity index (χ3n) is 6.49. The second-order valence-corrected chi connectivity index (χ2v) is 10.6. The van der Waals surface area contributed by atoms with Gasteiger partial charge in [-0.1, -0.05) is 54.1 Å². The lowest BCUT2D eigenvalue weighted by atomic mass is 10.1. The Morgan fingerprint density at radius 3 is 2.35 bits per heavy atom. The first-order valence-electron chi connectivity index (χ1n) is 13.7. The fourth-order valence-corrected chi connectivity index (χ4v) is 4.92. The van der Waals surface area contributed by atoms with Gasteiger partial charge in [-0.05, 0) is 95.4 Å². The van der Waals surface area contributed by atoms with Crippen molar-refractivity contribution in [1.29, 1.82) is 5.26 Å². The van der Waals surface area contributed by atoms with Crippen LogP contribution in [0.5, 0.6) is 23.0 Å². The highest BCUT2D eigenvalue weighted by Crippen LogP contribution is 2.38. The molecule has 0 heterocycles. The molecule has 0 radical (unpaired) electrons. The van der Waals surface area contributed by atoms with E-state index in [4.69, 9.17) is 18.9 Å². The maximum absolute atomic E-state index is 12.9. The summed E-state index contributed by atoms with van der Waals surface area (Å²) in [4.78, 5) is 12.9. The SMILES string of the molecule is CCOc1cc(COc2c(Br)cc(/C=C(\C#N)C(=O)Nc3ccc(C)cc3C)cc2OC)ccc1OCc1ccccc1. The number of anilines is 1. The van der Waals surface area contributed by atoms with Crippen LogP contribution in [-0.4, -0.2) is 19.6 Å². The number of hydrogen-bond acceptors (Lipinski definition) is 6. The van der Waals surface area contributed by atoms with Gasteiger partial charge in [-0.2, -0.15) is 5.26 Å². The van der Waals surface area contributed by atoms with Gasteiger partial charge < -0.3 is 24.3 Å². The molecule has 0 spiro atoms. The number of nitrogens with one attached hydrogen (secondary N) is 1. The van der Waals surface area contributed by atoms with Crippen LogP contribution in [-0.2, 0) is 18.0 Å². The van der Waals surface area contributed by atoms with E-state index in [0.717, 1.165) is 22.3 Å². The van der Waals surface area contributed by atoms with Gasteiger partial charge in [0, 0.05) is 5.69 Å². The quantitative estimate of drug-likeness (QED) is 0.124. The van der Waals surface area contributed by atoms with Gasteiger partial charge in [-0.3, -0.25) is 4.79 Å². The van der Waals surface area contributed by atoms with E-state index in [1.165, 1.54) is 13.2 Å². The predicted molar refractivity (Wildman–Crippen MR) is 172 cm³/mol. The highest BCUT2D eigenvalue weighted by Gasteiger charge is 2.16. The normalized spacial score (nSPS) is 10.9. The molecule has 0 saturated heterocycles. The van der Waals surface area contributed by atoms with Gasteiger partial charge in [-0.15, -0.1) is 0 Å². The van der Waals surface area contributed by atoms with Crippen molar-refractivity contribution in [2.45, 2.75) is 34.0 Å². The lowest BCUT2D eigenvalue weighted by molar-refractivity contribution is -0.112. The molecule has 0 fully saturated rings. The number of nitrogens with zero attached hydrogens (tertiary/aromatic N) is 1. The van der Waals surface area contributed by atoms with Crippen molar-refractivity contribution >= 4 is 33.6 Å². The standard InChI is InChI=1S/C35H33BrN2O5/c1-5-41-32-18-26(12-14-31(32)42-21-25-9-7-6-8-10-25)22-43-34-29(36)17-27(19-33(34)40-4)16-28(20-37)35(39)38-30-13-11-23(2)15-24(30)3/h6-19H,5,21-22H2,1-4H3,(H,38,39)/b28-16+. The fourth-order valence-electron chi connectivity index (χ4n) is 4.34. The molecule has 0 aromatic heterocycles. The number of halogens is 1. The van der Waals surface area contributed by atoms with Gasteiger partial charge in [-0.25, -0.2) is 0 Å². The molecule has 0 bridgehead atoms. The molecule has 1 amide bonds. The number of hydrogen-bond donors (Lipinski definition) is 1. The molecule has 7 nitrogen and oxygen atoms in total. The maximum Gasteiger partial charge on any atom is 0.266 e. The first kappa shape index (κ1) is 31.2. The lowest BCUT2D eigenvalue weighted by Gasteiger charge is -2.16. The highest BCUT2D eigenvalue weighted by atomic mass is 79.9. The molecular weight excluding hydrogens is 608 g/mol. The molecule has 43 heavy (non-hydrogen) atoms. The summed E-state index contributed by atoms with van der Waals surface area (Å²) >= 11 is 3.56. The van der Waals surface area contributed by atoms with Crippen LogP contribution in [0.15, 0.2) is 88.9 Å². The molecule has 0 unspecified atom stereocenters. The van der Waals surface area contributed by atoms with Crippen LogP contribution in [0.3, 0.4) is 0 Å². The Morgan fingerprint density at radius 1 is 0.884 bits per heavy atom. The minimum atomic E-state index is -0.494. The summed E-state index contributed by atoms with van der Waals surface area (Å²) in [7, 11) is 1.53. The minimum absolute atomic E-state index is 0.0411. The monoisotopic (exact) mass is 640 g/mol. The van der Waals surface area contributed by atoms with Crippen molar-refractivity contribution in [2.75, 3.05) is 19.0 Å². The van der Waals surface area contributed by atoms with E-state index in [0.29, 0.717) is 51.9 Å². The maximum atomic E-state index is 12.9. The second kappa shape index (κ2) is 14.9.